The molecule has 0 bridgehead atoms. The van der Waals surface area contributed by atoms with Crippen LogP contribution in [0.5, 0.6) is 0 Å². The first-order valence-electron chi connectivity index (χ1n) is 3.55. The molecule has 1 saturated heterocycles. The molecule has 0 aromatic carbocycles. The SMILES string of the molecule is F[C@H]1CCN(C[B-](F)(F)F)C1. The summed E-state index contributed by atoms with van der Waals surface area (Å²) in [6, 6.07) is 0. The number of hydrogen-bond acceptors (Lipinski definition) is 1. The summed E-state index contributed by atoms with van der Waals surface area (Å²) in [5, 5.41) is 0. The molecule has 1 nitrogen and oxygen atoms in total. The summed E-state index contributed by atoms with van der Waals surface area (Å²) >= 11 is 0. The normalized spacial score (nSPS) is 27.8. The lowest BCUT2D eigenvalue weighted by Crippen LogP contribution is -2.36. The van der Waals surface area contributed by atoms with Gasteiger partial charge in [0.2, 0.25) is 0 Å². The van der Waals surface area contributed by atoms with E-state index in [1.165, 1.54) is 0 Å². The van der Waals surface area contributed by atoms with Gasteiger partial charge in [0, 0.05) is 6.54 Å². The summed E-state index contributed by atoms with van der Waals surface area (Å²) in [7, 11) is 0. The molecule has 0 saturated carbocycles. The van der Waals surface area contributed by atoms with Crippen LogP contribution in [0.15, 0.2) is 0 Å². The monoisotopic (exact) mass is 170 g/mol. The van der Waals surface area contributed by atoms with Crippen LogP contribution in [0.2, 0.25) is 0 Å². The quantitative estimate of drug-likeness (QED) is 0.447. The van der Waals surface area contributed by atoms with Crippen LogP contribution in [0.4, 0.5) is 17.3 Å². The third kappa shape index (κ3) is 3.09. The van der Waals surface area contributed by atoms with Gasteiger partial charge in [-0.3, -0.25) is 0 Å². The Bertz CT molecular complexity index is 137. The molecule has 66 valence electrons. The van der Waals surface area contributed by atoms with E-state index in [1.807, 2.05) is 0 Å². The Balaban J connectivity index is 2.29. The Morgan fingerprint density at radius 1 is 1.36 bits per heavy atom. The van der Waals surface area contributed by atoms with Gasteiger partial charge < -0.3 is 17.8 Å². The lowest BCUT2D eigenvalue weighted by Gasteiger charge is -2.22. The number of likely N-dealkylation sites (tertiary alicyclic amines) is 1. The van der Waals surface area contributed by atoms with E-state index in [9.17, 15) is 17.3 Å². The van der Waals surface area contributed by atoms with Crippen molar-refractivity contribution in [2.24, 2.45) is 0 Å². The number of nitrogens with zero attached hydrogens (tertiary/aromatic N) is 1. The summed E-state index contributed by atoms with van der Waals surface area (Å²) in [5.74, 6) is 0. The van der Waals surface area contributed by atoms with Crippen LogP contribution in [-0.2, 0) is 0 Å². The van der Waals surface area contributed by atoms with Gasteiger partial charge in [0.05, 0.1) is 0 Å². The molecule has 0 N–H and O–H groups in total. The average molecular weight is 170 g/mol. The fourth-order valence-electron chi connectivity index (χ4n) is 1.24. The average Bonchev–Trinajstić information content (AvgIpc) is 2.10. The highest BCUT2D eigenvalue weighted by Gasteiger charge is 2.30. The molecule has 0 aromatic heterocycles. The van der Waals surface area contributed by atoms with Crippen LogP contribution in [0, 0.1) is 0 Å². The van der Waals surface area contributed by atoms with E-state index in [0.717, 1.165) is 4.90 Å². The molecular weight excluding hydrogens is 161 g/mol. The minimum Gasteiger partial charge on any atom is -0.448 e. The second kappa shape index (κ2) is 3.01. The number of hydrogen-bond donors (Lipinski definition) is 0. The Morgan fingerprint density at radius 2 is 2.00 bits per heavy atom. The lowest BCUT2D eigenvalue weighted by molar-refractivity contribution is 0.290. The smallest absolute Gasteiger partial charge is 0.448 e. The number of halogens is 4. The zero-order chi connectivity index (χ0) is 8.48. The van der Waals surface area contributed by atoms with Crippen molar-refractivity contribution in [3.8, 4) is 0 Å². The van der Waals surface area contributed by atoms with Crippen LogP contribution in [0.1, 0.15) is 6.42 Å². The third-order valence-electron chi connectivity index (χ3n) is 1.68. The molecule has 1 aliphatic rings. The van der Waals surface area contributed by atoms with E-state index in [1.54, 1.807) is 0 Å². The fraction of sp³-hybridized carbons (Fsp3) is 1.00. The highest BCUT2D eigenvalue weighted by atomic mass is 19.4. The Kier molecular flexibility index (Phi) is 2.42. The van der Waals surface area contributed by atoms with Gasteiger partial charge in [0.1, 0.15) is 6.17 Å². The van der Waals surface area contributed by atoms with Gasteiger partial charge >= 0.3 is 6.98 Å². The van der Waals surface area contributed by atoms with Crippen molar-refractivity contribution in [2.75, 3.05) is 19.5 Å². The molecule has 0 unspecified atom stereocenters. The van der Waals surface area contributed by atoms with Crippen molar-refractivity contribution >= 4 is 6.98 Å². The molecule has 0 amide bonds. The first kappa shape index (κ1) is 8.84. The van der Waals surface area contributed by atoms with Gasteiger partial charge in [-0.15, -0.1) is 0 Å². The molecular formula is C5H9BF4N-. The molecule has 0 spiro atoms. The molecule has 1 rings (SSSR count). The van der Waals surface area contributed by atoms with Gasteiger partial charge in [0.25, 0.3) is 0 Å². The molecule has 6 heteroatoms. The first-order valence-corrected chi connectivity index (χ1v) is 3.55. The molecule has 11 heavy (non-hydrogen) atoms. The van der Waals surface area contributed by atoms with Crippen LogP contribution >= 0.6 is 0 Å². The zero-order valence-corrected chi connectivity index (χ0v) is 5.94. The predicted molar refractivity (Wildman–Crippen MR) is 35.0 cm³/mol. The Morgan fingerprint density at radius 3 is 2.36 bits per heavy atom. The van der Waals surface area contributed by atoms with Gasteiger partial charge in [-0.2, -0.15) is 0 Å². The summed E-state index contributed by atoms with van der Waals surface area (Å²) in [6.07, 6.45) is -1.74. The molecule has 1 aliphatic heterocycles. The minimum absolute atomic E-state index is 0.0543. The van der Waals surface area contributed by atoms with Crippen molar-refractivity contribution in [3.63, 3.8) is 0 Å². The topological polar surface area (TPSA) is 3.24 Å². The molecule has 0 aromatic rings. The van der Waals surface area contributed by atoms with Crippen molar-refractivity contribution in [1.29, 1.82) is 0 Å². The largest absolute Gasteiger partial charge is 0.492 e. The highest BCUT2D eigenvalue weighted by Crippen LogP contribution is 2.17. The molecule has 0 radical (unpaired) electrons. The van der Waals surface area contributed by atoms with Crippen molar-refractivity contribution in [3.05, 3.63) is 0 Å². The van der Waals surface area contributed by atoms with Gasteiger partial charge in [-0.05, 0) is 19.4 Å². The summed E-state index contributed by atoms with van der Waals surface area (Å²) in [6.45, 7) is -4.59. The standard InChI is InChI=1S/C5H9BF4N/c7-5-1-2-11(3-5)4-6(8,9)10/h5H,1-4H2/q-1/t5-/m0/s1. The zero-order valence-electron chi connectivity index (χ0n) is 5.94. The third-order valence-corrected chi connectivity index (χ3v) is 1.68. The van der Waals surface area contributed by atoms with Crippen LogP contribution in [0.25, 0.3) is 0 Å². The first-order chi connectivity index (χ1) is 4.97. The van der Waals surface area contributed by atoms with Gasteiger partial charge in [0.15, 0.2) is 0 Å². The summed E-state index contributed by atoms with van der Waals surface area (Å²) < 4.78 is 47.5. The Labute approximate surface area is 62.4 Å². The van der Waals surface area contributed by atoms with E-state index in [0.29, 0.717) is 0 Å². The van der Waals surface area contributed by atoms with Crippen molar-refractivity contribution < 1.29 is 17.3 Å². The van der Waals surface area contributed by atoms with Crippen molar-refractivity contribution in [2.45, 2.75) is 12.6 Å². The van der Waals surface area contributed by atoms with Gasteiger partial charge in [-0.1, -0.05) is 0 Å². The van der Waals surface area contributed by atoms with E-state index >= 15 is 0 Å². The summed E-state index contributed by atoms with van der Waals surface area (Å²) in [4.78, 5) is 1.12. The Hall–Kier alpha value is -0.255. The molecule has 1 heterocycles. The lowest BCUT2D eigenvalue weighted by atomic mass is 9.91. The molecule has 1 fully saturated rings. The maximum absolute atomic E-state index is 12.3. The highest BCUT2D eigenvalue weighted by molar-refractivity contribution is 6.58. The maximum Gasteiger partial charge on any atom is 0.492 e. The van der Waals surface area contributed by atoms with Crippen LogP contribution in [-0.4, -0.2) is 37.6 Å². The summed E-state index contributed by atoms with van der Waals surface area (Å²) in [5.41, 5.74) is 0. The van der Waals surface area contributed by atoms with E-state index in [-0.39, 0.29) is 19.5 Å². The van der Waals surface area contributed by atoms with E-state index in [4.69, 9.17) is 0 Å². The van der Waals surface area contributed by atoms with Crippen molar-refractivity contribution in [1.82, 2.24) is 4.90 Å². The second-order valence-electron chi connectivity index (χ2n) is 2.86. The van der Waals surface area contributed by atoms with Gasteiger partial charge in [-0.25, -0.2) is 4.39 Å². The van der Waals surface area contributed by atoms with E-state index < -0.39 is 19.6 Å². The van der Waals surface area contributed by atoms with E-state index in [2.05, 4.69) is 0 Å². The minimum atomic E-state index is -4.78. The maximum atomic E-state index is 12.3. The predicted octanol–water partition coefficient (Wildman–Crippen LogP) is 1.42. The second-order valence-corrected chi connectivity index (χ2v) is 2.86. The number of alkyl halides is 1. The van der Waals surface area contributed by atoms with Crippen LogP contribution in [0.3, 0.4) is 0 Å². The number of rotatable bonds is 2. The molecule has 0 aliphatic carbocycles. The molecule has 1 atom stereocenters. The fourth-order valence-corrected chi connectivity index (χ4v) is 1.24. The van der Waals surface area contributed by atoms with Crippen LogP contribution < -0.4 is 0 Å².